The Morgan fingerprint density at radius 1 is 1.22 bits per heavy atom. The van der Waals surface area contributed by atoms with Gasteiger partial charge in [-0.15, -0.1) is 11.3 Å². The molecule has 4 heteroatoms. The maximum Gasteiger partial charge on any atom is 0.0702 e. The second-order valence-electron chi connectivity index (χ2n) is 4.16. The van der Waals surface area contributed by atoms with Crippen molar-refractivity contribution in [1.29, 1.82) is 0 Å². The summed E-state index contributed by atoms with van der Waals surface area (Å²) < 4.78 is 2.33. The molecule has 0 radical (unpaired) electrons. The van der Waals surface area contributed by atoms with Crippen molar-refractivity contribution in [2.45, 2.75) is 19.9 Å². The SMILES string of the molecule is CCNC(c1ccc(Br)s1)c1ccc(C)cc1Br. The van der Waals surface area contributed by atoms with Gasteiger partial charge in [-0.3, -0.25) is 0 Å². The highest BCUT2D eigenvalue weighted by atomic mass is 79.9. The van der Waals surface area contributed by atoms with Gasteiger partial charge in [-0.2, -0.15) is 0 Å². The van der Waals surface area contributed by atoms with Gasteiger partial charge >= 0.3 is 0 Å². The quantitative estimate of drug-likeness (QED) is 0.751. The lowest BCUT2D eigenvalue weighted by molar-refractivity contribution is 0.637. The van der Waals surface area contributed by atoms with Crippen molar-refractivity contribution < 1.29 is 0 Å². The first-order valence-electron chi connectivity index (χ1n) is 5.86. The molecule has 96 valence electrons. The largest absolute Gasteiger partial charge is 0.306 e. The second-order valence-corrected chi connectivity index (χ2v) is 7.51. The van der Waals surface area contributed by atoms with Crippen molar-refractivity contribution in [1.82, 2.24) is 5.32 Å². The molecular weight excluding hydrogens is 374 g/mol. The Morgan fingerprint density at radius 3 is 2.56 bits per heavy atom. The predicted octanol–water partition coefficient (Wildman–Crippen LogP) is 5.28. The first kappa shape index (κ1) is 14.3. The molecule has 0 aliphatic carbocycles. The third-order valence-corrected chi connectivity index (χ3v) is 5.13. The fourth-order valence-electron chi connectivity index (χ4n) is 1.92. The Kier molecular flexibility index (Phi) is 5.01. The van der Waals surface area contributed by atoms with Crippen LogP contribution in [0.2, 0.25) is 0 Å². The second kappa shape index (κ2) is 6.33. The van der Waals surface area contributed by atoms with Gasteiger partial charge in [0.25, 0.3) is 0 Å². The minimum Gasteiger partial charge on any atom is -0.306 e. The molecule has 0 fully saturated rings. The van der Waals surface area contributed by atoms with E-state index in [9.17, 15) is 0 Å². The molecule has 0 aliphatic heterocycles. The molecule has 0 bridgehead atoms. The molecule has 0 saturated carbocycles. The lowest BCUT2D eigenvalue weighted by Crippen LogP contribution is -2.21. The Hall–Kier alpha value is -0.160. The number of rotatable bonds is 4. The smallest absolute Gasteiger partial charge is 0.0702 e. The molecule has 0 spiro atoms. The Labute approximate surface area is 129 Å². The monoisotopic (exact) mass is 387 g/mol. The van der Waals surface area contributed by atoms with E-state index >= 15 is 0 Å². The van der Waals surface area contributed by atoms with Crippen molar-refractivity contribution in [2.75, 3.05) is 6.54 Å². The van der Waals surface area contributed by atoms with Crippen LogP contribution in [0.15, 0.2) is 38.6 Å². The van der Waals surface area contributed by atoms with Crippen LogP contribution in [0.5, 0.6) is 0 Å². The lowest BCUT2D eigenvalue weighted by atomic mass is 10.0. The van der Waals surface area contributed by atoms with Crippen LogP contribution in [-0.4, -0.2) is 6.54 Å². The van der Waals surface area contributed by atoms with Gasteiger partial charge < -0.3 is 5.32 Å². The van der Waals surface area contributed by atoms with Gasteiger partial charge in [0.05, 0.1) is 9.83 Å². The average molecular weight is 389 g/mol. The van der Waals surface area contributed by atoms with Crippen molar-refractivity contribution in [2.24, 2.45) is 0 Å². The van der Waals surface area contributed by atoms with Crippen molar-refractivity contribution in [3.8, 4) is 0 Å². The van der Waals surface area contributed by atoms with E-state index in [1.54, 1.807) is 11.3 Å². The highest BCUT2D eigenvalue weighted by Gasteiger charge is 2.17. The third-order valence-electron chi connectivity index (χ3n) is 2.75. The number of thiophene rings is 1. The summed E-state index contributed by atoms with van der Waals surface area (Å²) in [6, 6.07) is 11.1. The average Bonchev–Trinajstić information content (AvgIpc) is 2.73. The normalized spacial score (nSPS) is 12.7. The predicted molar refractivity (Wildman–Crippen MR) is 86.4 cm³/mol. The fraction of sp³-hybridized carbons (Fsp3) is 0.286. The van der Waals surface area contributed by atoms with E-state index in [0.29, 0.717) is 0 Å². The van der Waals surface area contributed by atoms with Gasteiger partial charge in [0, 0.05) is 9.35 Å². The van der Waals surface area contributed by atoms with Gasteiger partial charge in [0.1, 0.15) is 0 Å². The molecule has 2 rings (SSSR count). The molecule has 1 aromatic carbocycles. The highest BCUT2D eigenvalue weighted by Crippen LogP contribution is 2.34. The number of benzene rings is 1. The number of halogens is 2. The van der Waals surface area contributed by atoms with E-state index in [2.05, 4.69) is 81.4 Å². The van der Waals surface area contributed by atoms with Crippen LogP contribution in [0.4, 0.5) is 0 Å². The van der Waals surface area contributed by atoms with Crippen LogP contribution in [-0.2, 0) is 0 Å². The molecular formula is C14H15Br2NS. The first-order chi connectivity index (χ1) is 8.61. The van der Waals surface area contributed by atoms with Crippen LogP contribution in [0, 0.1) is 6.92 Å². The summed E-state index contributed by atoms with van der Waals surface area (Å²) in [5.74, 6) is 0. The number of nitrogens with one attached hydrogen (secondary N) is 1. The van der Waals surface area contributed by atoms with E-state index < -0.39 is 0 Å². The zero-order valence-electron chi connectivity index (χ0n) is 10.3. The maximum atomic E-state index is 3.67. The van der Waals surface area contributed by atoms with Crippen LogP contribution >= 0.6 is 43.2 Å². The molecule has 18 heavy (non-hydrogen) atoms. The minimum atomic E-state index is 0.251. The Balaban J connectivity index is 2.41. The standard InChI is InChI=1S/C14H15Br2NS/c1-3-17-14(12-6-7-13(16)18-12)10-5-4-9(2)8-11(10)15/h4-8,14,17H,3H2,1-2H3. The highest BCUT2D eigenvalue weighted by molar-refractivity contribution is 9.11. The van der Waals surface area contributed by atoms with Gasteiger partial charge in [-0.05, 0) is 58.7 Å². The fourth-order valence-corrected chi connectivity index (χ4v) is 4.16. The zero-order chi connectivity index (χ0) is 13.1. The summed E-state index contributed by atoms with van der Waals surface area (Å²) in [4.78, 5) is 1.33. The van der Waals surface area contributed by atoms with Crippen LogP contribution in [0.1, 0.15) is 29.0 Å². The lowest BCUT2D eigenvalue weighted by Gasteiger charge is -2.18. The molecule has 1 heterocycles. The van der Waals surface area contributed by atoms with Gasteiger partial charge in [0.2, 0.25) is 0 Å². The topological polar surface area (TPSA) is 12.0 Å². The number of aryl methyl sites for hydroxylation is 1. The third kappa shape index (κ3) is 3.23. The van der Waals surface area contributed by atoms with Crippen LogP contribution in [0.3, 0.4) is 0 Å². The van der Waals surface area contributed by atoms with Crippen LogP contribution in [0.25, 0.3) is 0 Å². The molecule has 1 atom stereocenters. The van der Waals surface area contributed by atoms with Crippen molar-refractivity contribution >= 4 is 43.2 Å². The molecule has 0 amide bonds. The van der Waals surface area contributed by atoms with E-state index in [4.69, 9.17) is 0 Å². The van der Waals surface area contributed by atoms with E-state index in [0.717, 1.165) is 11.0 Å². The zero-order valence-corrected chi connectivity index (χ0v) is 14.3. The van der Waals surface area contributed by atoms with Gasteiger partial charge in [-0.25, -0.2) is 0 Å². The Morgan fingerprint density at radius 2 is 2.00 bits per heavy atom. The summed E-state index contributed by atoms with van der Waals surface area (Å²) in [5.41, 5.74) is 2.56. The molecule has 2 aromatic rings. The maximum absolute atomic E-state index is 3.67. The number of hydrogen-bond donors (Lipinski definition) is 1. The van der Waals surface area contributed by atoms with Crippen molar-refractivity contribution in [3.63, 3.8) is 0 Å². The summed E-state index contributed by atoms with van der Waals surface area (Å²) in [6.07, 6.45) is 0. The molecule has 0 aliphatic rings. The molecule has 1 aromatic heterocycles. The summed E-state index contributed by atoms with van der Waals surface area (Å²) >= 11 is 8.98. The molecule has 1 unspecified atom stereocenters. The van der Waals surface area contributed by atoms with Crippen LogP contribution < -0.4 is 5.32 Å². The summed E-state index contributed by atoms with van der Waals surface area (Å²) in [7, 11) is 0. The van der Waals surface area contributed by atoms with E-state index in [-0.39, 0.29) is 6.04 Å². The summed E-state index contributed by atoms with van der Waals surface area (Å²) in [6.45, 7) is 5.19. The molecule has 1 N–H and O–H groups in total. The van der Waals surface area contributed by atoms with E-state index in [1.165, 1.54) is 19.8 Å². The minimum absolute atomic E-state index is 0.251. The molecule has 1 nitrogen and oxygen atoms in total. The Bertz CT molecular complexity index is 536. The van der Waals surface area contributed by atoms with Crippen molar-refractivity contribution in [3.05, 3.63) is 54.6 Å². The molecule has 0 saturated heterocycles. The summed E-state index contributed by atoms with van der Waals surface area (Å²) in [5, 5.41) is 3.55. The van der Waals surface area contributed by atoms with Gasteiger partial charge in [-0.1, -0.05) is 35.0 Å². The number of hydrogen-bond acceptors (Lipinski definition) is 2. The van der Waals surface area contributed by atoms with Gasteiger partial charge in [0.15, 0.2) is 0 Å². The van der Waals surface area contributed by atoms with E-state index in [1.807, 2.05) is 0 Å². The first-order valence-corrected chi connectivity index (χ1v) is 8.26.